The van der Waals surface area contributed by atoms with Crippen LogP contribution in [-0.2, 0) is 17.8 Å². The van der Waals surface area contributed by atoms with Crippen LogP contribution in [0.1, 0.15) is 30.4 Å². The van der Waals surface area contributed by atoms with Gasteiger partial charge in [-0.25, -0.2) is 14.3 Å². The van der Waals surface area contributed by atoms with E-state index in [2.05, 4.69) is 34.5 Å². The molecular weight excluding hydrogens is 419 g/mol. The summed E-state index contributed by atoms with van der Waals surface area (Å²) in [6.45, 7) is 1.78. The van der Waals surface area contributed by atoms with Gasteiger partial charge in [-0.3, -0.25) is 9.36 Å². The fraction of sp³-hybridized carbons (Fsp3) is 0.346. The predicted octanol–water partition coefficient (Wildman–Crippen LogP) is 3.87. The molecule has 7 heteroatoms. The summed E-state index contributed by atoms with van der Waals surface area (Å²) in [5, 5.41) is 6.60. The Morgan fingerprint density at radius 1 is 1.12 bits per heavy atom. The quantitative estimate of drug-likeness (QED) is 0.649. The van der Waals surface area contributed by atoms with E-state index in [1.807, 2.05) is 17.0 Å². The summed E-state index contributed by atoms with van der Waals surface area (Å²) in [5.74, 6) is 0.475. The number of likely N-dealkylation sites (tertiary alicyclic amines) is 1. The molecule has 168 valence electrons. The normalized spacial score (nSPS) is 19.3. The zero-order valence-electron chi connectivity index (χ0n) is 18.3. The Labute approximate surface area is 190 Å². The van der Waals surface area contributed by atoms with Crippen molar-refractivity contribution >= 4 is 12.0 Å². The molecule has 1 aliphatic heterocycles. The lowest BCUT2D eigenvalue weighted by atomic mass is 9.99. The summed E-state index contributed by atoms with van der Waals surface area (Å²) in [4.78, 5) is 26.7. The Morgan fingerprint density at radius 2 is 1.94 bits per heavy atom. The second-order valence-electron chi connectivity index (χ2n) is 9.39. The van der Waals surface area contributed by atoms with Gasteiger partial charge in [-0.15, -0.1) is 0 Å². The molecule has 6 nitrogen and oxygen atoms in total. The molecule has 0 unspecified atom stereocenters. The minimum absolute atomic E-state index is 0.156. The standard InChI is InChI=1S/C26H25FN4O2/c27-23-13-21(20-7-4-17-2-1-3-19(17)12-20)8-9-22(23)24-28-29-26(33)31(24)15-16-10-11-30(14-16)25(32)18-5-6-18/h1,3-4,7-9,12-13,16,18H,2,5-6,10-11,14-15H2,(H,29,33)/t16-/m1/s1. The van der Waals surface area contributed by atoms with Crippen LogP contribution >= 0.6 is 0 Å². The van der Waals surface area contributed by atoms with Crippen molar-refractivity contribution in [2.24, 2.45) is 11.8 Å². The highest BCUT2D eigenvalue weighted by Crippen LogP contribution is 2.34. The highest BCUT2D eigenvalue weighted by Gasteiger charge is 2.37. The molecule has 1 atom stereocenters. The first-order valence-electron chi connectivity index (χ1n) is 11.6. The van der Waals surface area contributed by atoms with Crippen molar-refractivity contribution in [3.63, 3.8) is 0 Å². The van der Waals surface area contributed by atoms with E-state index in [4.69, 9.17) is 0 Å². The lowest BCUT2D eigenvalue weighted by Gasteiger charge is -2.16. The summed E-state index contributed by atoms with van der Waals surface area (Å²) in [6, 6.07) is 11.2. The van der Waals surface area contributed by atoms with Crippen LogP contribution in [0.15, 0.2) is 47.3 Å². The number of aromatic amines is 1. The molecule has 6 rings (SSSR count). The number of benzene rings is 2. The topological polar surface area (TPSA) is 71.0 Å². The Balaban J connectivity index is 1.24. The molecule has 3 aliphatic rings. The number of nitrogens with one attached hydrogen (secondary N) is 1. The van der Waals surface area contributed by atoms with E-state index in [0.29, 0.717) is 24.5 Å². The van der Waals surface area contributed by atoms with Crippen molar-refractivity contribution in [3.05, 3.63) is 69.9 Å². The van der Waals surface area contributed by atoms with Crippen LogP contribution in [0.3, 0.4) is 0 Å². The van der Waals surface area contributed by atoms with E-state index >= 15 is 4.39 Å². The maximum Gasteiger partial charge on any atom is 0.343 e. The van der Waals surface area contributed by atoms with Gasteiger partial charge in [-0.2, -0.15) is 5.10 Å². The van der Waals surface area contributed by atoms with Gasteiger partial charge in [0.25, 0.3) is 0 Å². The number of hydrogen-bond donors (Lipinski definition) is 1. The first-order valence-corrected chi connectivity index (χ1v) is 11.6. The number of carbonyl (C=O) groups excluding carboxylic acids is 1. The molecule has 2 aromatic carbocycles. The van der Waals surface area contributed by atoms with E-state index < -0.39 is 5.82 Å². The molecule has 1 saturated heterocycles. The van der Waals surface area contributed by atoms with Gasteiger partial charge in [0.05, 0.1) is 5.56 Å². The number of rotatable bonds is 5. The van der Waals surface area contributed by atoms with E-state index in [1.54, 1.807) is 6.07 Å². The summed E-state index contributed by atoms with van der Waals surface area (Å²) in [6.07, 6.45) is 7.97. The molecule has 2 aliphatic carbocycles. The van der Waals surface area contributed by atoms with E-state index in [0.717, 1.165) is 43.4 Å². The Bertz CT molecular complexity index is 1330. The van der Waals surface area contributed by atoms with Crippen LogP contribution in [0.5, 0.6) is 0 Å². The van der Waals surface area contributed by atoms with Crippen molar-refractivity contribution in [2.45, 2.75) is 32.2 Å². The Kier molecular flexibility index (Phi) is 4.78. The SMILES string of the molecule is O=C(C1CC1)N1CC[C@@H](Cn2c(-c3ccc(-c4ccc5c(c4)C=CC5)cc3F)n[nH]c2=O)C1. The minimum atomic E-state index is -0.416. The van der Waals surface area contributed by atoms with Gasteiger partial charge in [0.1, 0.15) is 5.82 Å². The number of carbonyl (C=O) groups is 1. The average Bonchev–Trinajstić information content (AvgIpc) is 3.21. The molecule has 2 heterocycles. The number of hydrogen-bond acceptors (Lipinski definition) is 3. The third-order valence-corrected chi connectivity index (χ3v) is 7.05. The number of nitrogens with zero attached hydrogens (tertiary/aromatic N) is 3. The van der Waals surface area contributed by atoms with E-state index in [1.165, 1.54) is 21.8 Å². The smallest absolute Gasteiger partial charge is 0.342 e. The number of halogens is 1. The van der Waals surface area contributed by atoms with Gasteiger partial charge in [0.2, 0.25) is 5.91 Å². The largest absolute Gasteiger partial charge is 0.343 e. The van der Waals surface area contributed by atoms with Crippen molar-refractivity contribution in [1.29, 1.82) is 0 Å². The zero-order valence-corrected chi connectivity index (χ0v) is 18.3. The summed E-state index contributed by atoms with van der Waals surface area (Å²) in [5.41, 5.74) is 4.13. The molecule has 2 fully saturated rings. The van der Waals surface area contributed by atoms with Crippen LogP contribution in [0.25, 0.3) is 28.6 Å². The highest BCUT2D eigenvalue weighted by molar-refractivity contribution is 5.81. The number of fused-ring (bicyclic) bond motifs is 1. The van der Waals surface area contributed by atoms with Crippen molar-refractivity contribution in [2.75, 3.05) is 13.1 Å². The molecule has 0 spiro atoms. The lowest BCUT2D eigenvalue weighted by molar-refractivity contribution is -0.131. The third kappa shape index (κ3) is 3.71. The molecule has 0 bridgehead atoms. The van der Waals surface area contributed by atoms with Gasteiger partial charge in [0.15, 0.2) is 5.82 Å². The van der Waals surface area contributed by atoms with Crippen molar-refractivity contribution in [3.8, 4) is 22.5 Å². The van der Waals surface area contributed by atoms with Crippen LogP contribution in [0.4, 0.5) is 4.39 Å². The second-order valence-corrected chi connectivity index (χ2v) is 9.39. The predicted molar refractivity (Wildman–Crippen MR) is 124 cm³/mol. The minimum Gasteiger partial charge on any atom is -0.342 e. The van der Waals surface area contributed by atoms with Crippen LogP contribution in [0, 0.1) is 17.7 Å². The molecule has 1 aromatic heterocycles. The van der Waals surface area contributed by atoms with Gasteiger partial charge in [-0.1, -0.05) is 30.4 Å². The van der Waals surface area contributed by atoms with Crippen LogP contribution in [0.2, 0.25) is 0 Å². The number of amides is 1. The number of H-pyrrole nitrogens is 1. The number of aromatic nitrogens is 3. The third-order valence-electron chi connectivity index (χ3n) is 7.05. The fourth-order valence-electron chi connectivity index (χ4n) is 5.03. The van der Waals surface area contributed by atoms with Gasteiger partial charge < -0.3 is 4.90 Å². The monoisotopic (exact) mass is 444 g/mol. The number of allylic oxidation sites excluding steroid dienone is 1. The molecule has 33 heavy (non-hydrogen) atoms. The van der Waals surface area contributed by atoms with Crippen LogP contribution < -0.4 is 5.69 Å². The zero-order chi connectivity index (χ0) is 22.5. The first kappa shape index (κ1) is 20.1. The summed E-state index contributed by atoms with van der Waals surface area (Å²) < 4.78 is 16.7. The van der Waals surface area contributed by atoms with Gasteiger partial charge in [0, 0.05) is 25.6 Å². The molecular formula is C26H25FN4O2. The first-order chi connectivity index (χ1) is 16.1. The Hall–Kier alpha value is -3.48. The average molecular weight is 445 g/mol. The van der Waals surface area contributed by atoms with Crippen LogP contribution in [-0.4, -0.2) is 38.7 Å². The summed E-state index contributed by atoms with van der Waals surface area (Å²) in [7, 11) is 0. The molecule has 0 radical (unpaired) electrons. The maximum atomic E-state index is 15.2. The van der Waals surface area contributed by atoms with E-state index in [9.17, 15) is 9.59 Å². The molecule has 1 N–H and O–H groups in total. The fourth-order valence-corrected chi connectivity index (χ4v) is 5.03. The Morgan fingerprint density at radius 3 is 2.76 bits per heavy atom. The van der Waals surface area contributed by atoms with Crippen molar-refractivity contribution in [1.82, 2.24) is 19.7 Å². The van der Waals surface area contributed by atoms with Crippen molar-refractivity contribution < 1.29 is 9.18 Å². The summed E-state index contributed by atoms with van der Waals surface area (Å²) >= 11 is 0. The maximum absolute atomic E-state index is 15.2. The van der Waals surface area contributed by atoms with E-state index in [-0.39, 0.29) is 23.4 Å². The molecule has 1 saturated carbocycles. The van der Waals surface area contributed by atoms with Gasteiger partial charge >= 0.3 is 5.69 Å². The lowest BCUT2D eigenvalue weighted by Crippen LogP contribution is -2.31. The highest BCUT2D eigenvalue weighted by atomic mass is 19.1. The second kappa shape index (κ2) is 7.83. The molecule has 3 aromatic rings. The molecule has 1 amide bonds. The van der Waals surface area contributed by atoms with Gasteiger partial charge in [-0.05, 0) is 72.1 Å².